The molecule has 2 aromatic carbocycles. The van der Waals surface area contributed by atoms with Crippen molar-refractivity contribution in [2.45, 2.75) is 63.8 Å². The fraction of sp³-hybridized carbons (Fsp3) is 0.407. The minimum Gasteiger partial charge on any atom is -0.493 e. The lowest BCUT2D eigenvalue weighted by molar-refractivity contribution is -0.121. The van der Waals surface area contributed by atoms with Crippen LogP contribution < -0.4 is 20.1 Å². The molecule has 2 N–H and O–H groups in total. The van der Waals surface area contributed by atoms with Gasteiger partial charge in [0.1, 0.15) is 11.3 Å². The Morgan fingerprint density at radius 1 is 1.00 bits per heavy atom. The first-order chi connectivity index (χ1) is 17.5. The van der Waals surface area contributed by atoms with Crippen molar-refractivity contribution in [3.8, 4) is 17.2 Å². The summed E-state index contributed by atoms with van der Waals surface area (Å²) in [5.74, 6) is 2.49. The molecule has 1 aromatic heterocycles. The number of carbonyl (C=O) groups excluding carboxylic acids is 2. The molecule has 0 spiro atoms. The van der Waals surface area contributed by atoms with Gasteiger partial charge in [0, 0.05) is 25.5 Å². The highest BCUT2D eigenvalue weighted by Crippen LogP contribution is 2.35. The van der Waals surface area contributed by atoms with Gasteiger partial charge in [0.25, 0.3) is 0 Å². The average Bonchev–Trinajstić information content (AvgIpc) is 3.24. The highest BCUT2D eigenvalue weighted by Gasteiger charge is 2.38. The number of rotatable bonds is 9. The second-order valence-corrected chi connectivity index (χ2v) is 9.01. The number of nitrogens with zero attached hydrogens (tertiary/aromatic N) is 2. The summed E-state index contributed by atoms with van der Waals surface area (Å²) in [5.41, 5.74) is 0.0570. The third-order valence-electron chi connectivity index (χ3n) is 6.27. The van der Waals surface area contributed by atoms with Crippen LogP contribution >= 0.6 is 0 Å². The van der Waals surface area contributed by atoms with Gasteiger partial charge in [-0.1, -0.05) is 43.0 Å². The van der Waals surface area contributed by atoms with Crippen molar-refractivity contribution < 1.29 is 23.6 Å². The van der Waals surface area contributed by atoms with Gasteiger partial charge in [0.15, 0.2) is 17.3 Å². The molecule has 4 rings (SSSR count). The number of hydrogen-bond acceptors (Lipinski definition) is 7. The number of ether oxygens (including phenoxy) is 2. The summed E-state index contributed by atoms with van der Waals surface area (Å²) in [6.45, 7) is 1.51. The highest BCUT2D eigenvalue weighted by molar-refractivity contribution is 5.90. The molecule has 0 bridgehead atoms. The zero-order valence-corrected chi connectivity index (χ0v) is 20.7. The number of anilines is 1. The van der Waals surface area contributed by atoms with Crippen LogP contribution in [-0.4, -0.2) is 29.1 Å². The van der Waals surface area contributed by atoms with Crippen LogP contribution in [0.5, 0.6) is 17.2 Å². The van der Waals surface area contributed by atoms with Gasteiger partial charge in [0.2, 0.25) is 17.7 Å². The van der Waals surface area contributed by atoms with E-state index in [-0.39, 0.29) is 18.2 Å². The van der Waals surface area contributed by atoms with Gasteiger partial charge in [-0.2, -0.15) is 4.98 Å². The van der Waals surface area contributed by atoms with E-state index in [4.69, 9.17) is 14.0 Å². The van der Waals surface area contributed by atoms with Crippen molar-refractivity contribution in [1.82, 2.24) is 15.5 Å². The van der Waals surface area contributed by atoms with E-state index in [1.54, 1.807) is 31.4 Å². The number of hydrogen-bond donors (Lipinski definition) is 2. The Balaban J connectivity index is 1.32. The quantitative estimate of drug-likeness (QED) is 0.398. The van der Waals surface area contributed by atoms with E-state index in [0.29, 0.717) is 41.1 Å². The van der Waals surface area contributed by atoms with Crippen molar-refractivity contribution >= 4 is 17.5 Å². The van der Waals surface area contributed by atoms with Crippen LogP contribution in [0.1, 0.15) is 63.6 Å². The Morgan fingerprint density at radius 3 is 2.36 bits per heavy atom. The number of para-hydroxylation sites is 2. The third kappa shape index (κ3) is 6.41. The molecule has 1 aliphatic rings. The molecule has 1 heterocycles. The summed E-state index contributed by atoms with van der Waals surface area (Å²) in [6.07, 6.45) is 6.30. The Labute approximate surface area is 210 Å². The van der Waals surface area contributed by atoms with E-state index >= 15 is 0 Å². The summed E-state index contributed by atoms with van der Waals surface area (Å²) >= 11 is 0. The maximum Gasteiger partial charge on any atom is 0.227 e. The van der Waals surface area contributed by atoms with Crippen molar-refractivity contribution in [3.05, 3.63) is 60.2 Å². The van der Waals surface area contributed by atoms with E-state index in [1.165, 1.54) is 6.92 Å². The lowest BCUT2D eigenvalue weighted by Gasteiger charge is -2.30. The van der Waals surface area contributed by atoms with Crippen LogP contribution in [0.2, 0.25) is 0 Å². The fourth-order valence-corrected chi connectivity index (χ4v) is 4.50. The van der Waals surface area contributed by atoms with Crippen LogP contribution in [0.4, 0.5) is 5.69 Å². The van der Waals surface area contributed by atoms with Crippen LogP contribution in [0.3, 0.4) is 0 Å². The second-order valence-electron chi connectivity index (χ2n) is 9.01. The molecule has 3 aromatic rings. The first-order valence-corrected chi connectivity index (χ1v) is 12.3. The van der Waals surface area contributed by atoms with E-state index in [2.05, 4.69) is 20.8 Å². The van der Waals surface area contributed by atoms with Crippen LogP contribution in [-0.2, 0) is 21.5 Å². The lowest BCUT2D eigenvalue weighted by Crippen LogP contribution is -2.45. The Hall–Kier alpha value is -3.88. The molecule has 1 aliphatic carbocycles. The Morgan fingerprint density at radius 2 is 1.69 bits per heavy atom. The monoisotopic (exact) mass is 492 g/mol. The normalized spacial score (nSPS) is 14.9. The Kier molecular flexibility index (Phi) is 8.20. The second kappa shape index (κ2) is 11.7. The minimum absolute atomic E-state index is 0.109. The molecular formula is C27H32N4O5. The number of benzene rings is 2. The number of carbonyl (C=O) groups is 2. The van der Waals surface area contributed by atoms with Gasteiger partial charge in [-0.15, -0.1) is 0 Å². The molecule has 36 heavy (non-hydrogen) atoms. The number of aromatic nitrogens is 2. The predicted molar refractivity (Wildman–Crippen MR) is 134 cm³/mol. The van der Waals surface area contributed by atoms with Gasteiger partial charge in [0.05, 0.1) is 7.11 Å². The maximum atomic E-state index is 12.5. The molecule has 0 aliphatic heterocycles. The minimum atomic E-state index is -0.597. The molecule has 0 unspecified atom stereocenters. The van der Waals surface area contributed by atoms with Crippen molar-refractivity contribution in [3.63, 3.8) is 0 Å². The maximum absolute atomic E-state index is 12.5. The van der Waals surface area contributed by atoms with Crippen molar-refractivity contribution in [2.75, 3.05) is 12.4 Å². The van der Waals surface area contributed by atoms with E-state index in [1.807, 2.05) is 24.3 Å². The van der Waals surface area contributed by atoms with Crippen LogP contribution in [0.15, 0.2) is 53.1 Å². The fourth-order valence-electron chi connectivity index (χ4n) is 4.50. The summed E-state index contributed by atoms with van der Waals surface area (Å²) < 4.78 is 16.6. The number of nitrogens with one attached hydrogen (secondary N) is 2. The van der Waals surface area contributed by atoms with Crippen LogP contribution in [0.25, 0.3) is 0 Å². The molecular weight excluding hydrogens is 460 g/mol. The van der Waals surface area contributed by atoms with E-state index < -0.39 is 5.54 Å². The van der Waals surface area contributed by atoms with Crippen molar-refractivity contribution in [1.29, 1.82) is 0 Å². The first-order valence-electron chi connectivity index (χ1n) is 12.3. The SMILES string of the molecule is COc1ccccc1Oc1ccc(NC(=O)CCc2nc(C3(NC(C)=O)CCCCCC3)no2)cc1. The molecule has 9 heteroatoms. The van der Waals surface area contributed by atoms with E-state index in [0.717, 1.165) is 38.5 Å². The summed E-state index contributed by atoms with van der Waals surface area (Å²) in [7, 11) is 1.59. The van der Waals surface area contributed by atoms with E-state index in [9.17, 15) is 9.59 Å². The zero-order chi connectivity index (χ0) is 25.4. The topological polar surface area (TPSA) is 116 Å². The summed E-state index contributed by atoms with van der Waals surface area (Å²) in [5, 5.41) is 10.1. The molecule has 2 amide bonds. The van der Waals surface area contributed by atoms with Crippen molar-refractivity contribution in [2.24, 2.45) is 0 Å². The smallest absolute Gasteiger partial charge is 0.227 e. The number of aryl methyl sites for hydroxylation is 1. The largest absolute Gasteiger partial charge is 0.493 e. The molecule has 9 nitrogen and oxygen atoms in total. The molecule has 1 fully saturated rings. The highest BCUT2D eigenvalue weighted by atomic mass is 16.5. The summed E-state index contributed by atoms with van der Waals surface area (Å²) in [6, 6.07) is 14.5. The van der Waals surface area contributed by atoms with Gasteiger partial charge in [-0.05, 0) is 49.2 Å². The molecule has 1 saturated carbocycles. The summed E-state index contributed by atoms with van der Waals surface area (Å²) in [4.78, 5) is 28.9. The molecule has 0 radical (unpaired) electrons. The predicted octanol–water partition coefficient (Wildman–Crippen LogP) is 5.13. The number of methoxy groups -OCH3 is 1. The van der Waals surface area contributed by atoms with Gasteiger partial charge >= 0.3 is 0 Å². The standard InChI is InChI=1S/C27H32N4O5/c1-19(32)30-27(17-7-3-4-8-18-27)26-29-25(36-31-26)16-15-24(33)28-20-11-13-21(14-12-20)35-23-10-6-5-9-22(23)34-2/h5-6,9-14H,3-4,7-8,15-18H2,1-2H3,(H,28,33)(H,30,32). The lowest BCUT2D eigenvalue weighted by atomic mass is 9.89. The van der Waals surface area contributed by atoms with Gasteiger partial charge in [-0.3, -0.25) is 9.59 Å². The average molecular weight is 493 g/mol. The zero-order valence-electron chi connectivity index (χ0n) is 20.7. The first kappa shape index (κ1) is 25.2. The molecule has 0 saturated heterocycles. The Bertz CT molecular complexity index is 1170. The number of amides is 2. The van der Waals surface area contributed by atoms with Crippen LogP contribution in [0, 0.1) is 0 Å². The molecule has 0 atom stereocenters. The van der Waals surface area contributed by atoms with Gasteiger partial charge in [-0.25, -0.2) is 0 Å². The third-order valence-corrected chi connectivity index (χ3v) is 6.27. The van der Waals surface area contributed by atoms with Gasteiger partial charge < -0.3 is 24.6 Å². The molecule has 190 valence electrons.